The number of para-hydroxylation sites is 1. The van der Waals surface area contributed by atoms with Crippen molar-refractivity contribution in [1.29, 1.82) is 5.26 Å². The molecule has 136 valence electrons. The van der Waals surface area contributed by atoms with E-state index in [1.165, 1.54) is 0 Å². The monoisotopic (exact) mass is 360 g/mol. The largest absolute Gasteiger partial charge is 0.493 e. The van der Waals surface area contributed by atoms with Gasteiger partial charge in [-0.2, -0.15) is 5.26 Å². The number of nitriles is 1. The Balaban J connectivity index is 2.12. The van der Waals surface area contributed by atoms with Crippen LogP contribution in [0.3, 0.4) is 0 Å². The second-order valence-corrected chi connectivity index (χ2v) is 6.23. The van der Waals surface area contributed by atoms with Gasteiger partial charge in [-0.1, -0.05) is 36.4 Å². The Morgan fingerprint density at radius 2 is 1.85 bits per heavy atom. The third-order valence-electron chi connectivity index (χ3n) is 4.40. The lowest BCUT2D eigenvalue weighted by Crippen LogP contribution is -2.13. The topological polar surface area (TPSA) is 75.1 Å². The number of H-pyrrole nitrogens is 1. The molecule has 0 spiro atoms. The van der Waals surface area contributed by atoms with Gasteiger partial charge < -0.3 is 14.5 Å². The molecule has 0 atom stereocenters. The van der Waals surface area contributed by atoms with Crippen molar-refractivity contribution < 1.29 is 9.47 Å². The number of aromatic amines is 1. The van der Waals surface area contributed by atoms with Gasteiger partial charge in [0.15, 0.2) is 11.5 Å². The lowest BCUT2D eigenvalue weighted by atomic mass is 9.99. The number of nitrogens with one attached hydrogen (secondary N) is 1. The summed E-state index contributed by atoms with van der Waals surface area (Å²) >= 11 is 0. The van der Waals surface area contributed by atoms with E-state index in [-0.39, 0.29) is 5.56 Å². The third kappa shape index (κ3) is 3.70. The van der Waals surface area contributed by atoms with Crippen LogP contribution in [0.25, 0.3) is 11.1 Å². The number of aromatic nitrogens is 1. The summed E-state index contributed by atoms with van der Waals surface area (Å²) in [6.45, 7) is 4.15. The smallest absolute Gasteiger partial charge is 0.266 e. The highest BCUT2D eigenvalue weighted by atomic mass is 16.5. The highest BCUT2D eigenvalue weighted by Gasteiger charge is 2.18. The Morgan fingerprint density at radius 3 is 2.56 bits per heavy atom. The number of ether oxygens (including phenoxy) is 2. The summed E-state index contributed by atoms with van der Waals surface area (Å²) in [5.41, 5.74) is 3.65. The SMILES string of the molecule is COc1cccc(-c2cc(C)[nH]c(=O)c2C#N)c1OCc1ccccc1C. The zero-order chi connectivity index (χ0) is 19.4. The Hall–Kier alpha value is -3.52. The first-order valence-electron chi connectivity index (χ1n) is 8.54. The summed E-state index contributed by atoms with van der Waals surface area (Å²) in [5.74, 6) is 1.05. The lowest BCUT2D eigenvalue weighted by Gasteiger charge is -2.17. The van der Waals surface area contributed by atoms with E-state index >= 15 is 0 Å². The van der Waals surface area contributed by atoms with Crippen molar-refractivity contribution in [1.82, 2.24) is 4.98 Å². The van der Waals surface area contributed by atoms with Crippen molar-refractivity contribution in [2.75, 3.05) is 7.11 Å². The fourth-order valence-corrected chi connectivity index (χ4v) is 2.97. The van der Waals surface area contributed by atoms with Crippen molar-refractivity contribution in [3.05, 3.63) is 81.3 Å². The molecule has 1 N–H and O–H groups in total. The normalized spacial score (nSPS) is 10.3. The molecule has 0 radical (unpaired) electrons. The molecule has 27 heavy (non-hydrogen) atoms. The number of hydrogen-bond donors (Lipinski definition) is 1. The van der Waals surface area contributed by atoms with Crippen molar-refractivity contribution in [2.45, 2.75) is 20.5 Å². The van der Waals surface area contributed by atoms with E-state index in [1.54, 1.807) is 26.2 Å². The first kappa shape index (κ1) is 18.3. The molecule has 0 saturated heterocycles. The second kappa shape index (κ2) is 7.79. The van der Waals surface area contributed by atoms with Crippen LogP contribution in [0.2, 0.25) is 0 Å². The number of benzene rings is 2. The molecule has 5 nitrogen and oxygen atoms in total. The van der Waals surface area contributed by atoms with Gasteiger partial charge in [0.2, 0.25) is 0 Å². The van der Waals surface area contributed by atoms with Crippen LogP contribution in [-0.4, -0.2) is 12.1 Å². The Bertz CT molecular complexity index is 1080. The molecule has 1 aromatic heterocycles. The minimum absolute atomic E-state index is 0.0506. The minimum Gasteiger partial charge on any atom is -0.493 e. The molecule has 0 aliphatic carbocycles. The first-order valence-corrected chi connectivity index (χ1v) is 8.54. The molecule has 0 fully saturated rings. The minimum atomic E-state index is -0.417. The Labute approximate surface area is 157 Å². The summed E-state index contributed by atoms with van der Waals surface area (Å²) in [6, 6.07) is 17.2. The molecule has 2 aromatic carbocycles. The van der Waals surface area contributed by atoms with Gasteiger partial charge in [-0.15, -0.1) is 0 Å². The molecule has 0 bridgehead atoms. The zero-order valence-electron chi connectivity index (χ0n) is 15.5. The van der Waals surface area contributed by atoms with Crippen LogP contribution in [0.15, 0.2) is 53.3 Å². The summed E-state index contributed by atoms with van der Waals surface area (Å²) in [4.78, 5) is 14.9. The molecular weight excluding hydrogens is 340 g/mol. The molecule has 3 rings (SSSR count). The van der Waals surface area contributed by atoms with Crippen LogP contribution in [-0.2, 0) is 6.61 Å². The van der Waals surface area contributed by atoms with Gasteiger partial charge in [0, 0.05) is 16.8 Å². The average Bonchev–Trinajstić information content (AvgIpc) is 2.66. The van der Waals surface area contributed by atoms with Gasteiger partial charge in [0.05, 0.1) is 7.11 Å². The van der Waals surface area contributed by atoms with E-state index in [0.717, 1.165) is 11.1 Å². The summed E-state index contributed by atoms with van der Waals surface area (Å²) < 4.78 is 11.6. The van der Waals surface area contributed by atoms with Crippen LogP contribution in [0.4, 0.5) is 0 Å². The van der Waals surface area contributed by atoms with Gasteiger partial charge >= 0.3 is 0 Å². The second-order valence-electron chi connectivity index (χ2n) is 6.23. The van der Waals surface area contributed by atoms with Crippen LogP contribution in [0, 0.1) is 25.2 Å². The maximum atomic E-state index is 12.2. The number of aryl methyl sites for hydroxylation is 2. The predicted octanol–water partition coefficient (Wildman–Crippen LogP) is 4.12. The van der Waals surface area contributed by atoms with Gasteiger partial charge in [-0.25, -0.2) is 0 Å². The van der Waals surface area contributed by atoms with Crippen molar-refractivity contribution in [3.63, 3.8) is 0 Å². The highest BCUT2D eigenvalue weighted by Crippen LogP contribution is 2.39. The maximum absolute atomic E-state index is 12.2. The quantitative estimate of drug-likeness (QED) is 0.743. The number of rotatable bonds is 5. The summed E-state index contributed by atoms with van der Waals surface area (Å²) in [6.07, 6.45) is 0. The zero-order valence-corrected chi connectivity index (χ0v) is 15.5. The molecule has 0 saturated carbocycles. The van der Waals surface area contributed by atoms with Crippen molar-refractivity contribution >= 4 is 0 Å². The highest BCUT2D eigenvalue weighted by molar-refractivity contribution is 5.78. The Morgan fingerprint density at radius 1 is 1.07 bits per heavy atom. The summed E-state index contributed by atoms with van der Waals surface area (Å²) in [5, 5.41) is 9.47. The van der Waals surface area contributed by atoms with Gasteiger partial charge in [-0.3, -0.25) is 4.79 Å². The Kier molecular flexibility index (Phi) is 5.28. The van der Waals surface area contributed by atoms with Gasteiger partial charge in [0.1, 0.15) is 18.2 Å². The van der Waals surface area contributed by atoms with Crippen molar-refractivity contribution in [3.8, 4) is 28.7 Å². The number of methoxy groups -OCH3 is 1. The van der Waals surface area contributed by atoms with Crippen LogP contribution >= 0.6 is 0 Å². The molecule has 3 aromatic rings. The predicted molar refractivity (Wildman–Crippen MR) is 104 cm³/mol. The van der Waals surface area contributed by atoms with E-state index in [0.29, 0.717) is 34.9 Å². The fraction of sp³-hybridized carbons (Fsp3) is 0.182. The van der Waals surface area contributed by atoms with Gasteiger partial charge in [-0.05, 0) is 37.1 Å². The average molecular weight is 360 g/mol. The van der Waals surface area contributed by atoms with Crippen LogP contribution in [0.1, 0.15) is 22.4 Å². The molecule has 1 heterocycles. The fourth-order valence-electron chi connectivity index (χ4n) is 2.97. The molecule has 0 aliphatic heterocycles. The van der Waals surface area contributed by atoms with E-state index in [4.69, 9.17) is 9.47 Å². The van der Waals surface area contributed by atoms with Crippen molar-refractivity contribution in [2.24, 2.45) is 0 Å². The molecular formula is C22H20N2O3. The third-order valence-corrected chi connectivity index (χ3v) is 4.40. The van der Waals surface area contributed by atoms with Crippen LogP contribution < -0.4 is 15.0 Å². The number of hydrogen-bond acceptors (Lipinski definition) is 4. The number of nitrogens with zero attached hydrogens (tertiary/aromatic N) is 1. The van der Waals surface area contributed by atoms with E-state index in [2.05, 4.69) is 4.98 Å². The standard InChI is InChI=1S/C22H20N2O3/c1-14-7-4-5-8-16(14)13-27-21-17(9-6-10-20(21)26-3)18-11-15(2)24-22(25)19(18)12-23/h4-11H,13H2,1-3H3,(H,24,25). The molecule has 0 unspecified atom stereocenters. The lowest BCUT2D eigenvalue weighted by molar-refractivity contribution is 0.285. The van der Waals surface area contributed by atoms with E-state index in [9.17, 15) is 10.1 Å². The van der Waals surface area contributed by atoms with Crippen LogP contribution in [0.5, 0.6) is 11.5 Å². The van der Waals surface area contributed by atoms with Gasteiger partial charge in [0.25, 0.3) is 5.56 Å². The van der Waals surface area contributed by atoms with E-state index in [1.807, 2.05) is 49.4 Å². The molecule has 0 amide bonds. The number of pyridine rings is 1. The summed E-state index contributed by atoms with van der Waals surface area (Å²) in [7, 11) is 1.56. The molecule has 5 heteroatoms. The first-order chi connectivity index (χ1) is 13.0. The maximum Gasteiger partial charge on any atom is 0.266 e. The van der Waals surface area contributed by atoms with E-state index < -0.39 is 5.56 Å². The molecule has 0 aliphatic rings.